The molecular weight excluding hydrogens is 368 g/mol. The summed E-state index contributed by atoms with van der Waals surface area (Å²) in [4.78, 5) is 15.5. The van der Waals surface area contributed by atoms with Crippen LogP contribution in [0.2, 0.25) is 0 Å². The summed E-state index contributed by atoms with van der Waals surface area (Å²) in [5, 5.41) is 13.8. The Morgan fingerprint density at radius 3 is 2.54 bits per heavy atom. The minimum atomic E-state index is -0.00445. The molecule has 28 heavy (non-hydrogen) atoms. The van der Waals surface area contributed by atoms with Gasteiger partial charge >= 0.3 is 0 Å². The maximum absolute atomic E-state index is 12.1. The molecule has 6 heteroatoms. The van der Waals surface area contributed by atoms with E-state index in [0.717, 1.165) is 46.6 Å². The minimum Gasteiger partial charge on any atom is -0.355 e. The summed E-state index contributed by atoms with van der Waals surface area (Å²) in [5.41, 5.74) is 2.62. The van der Waals surface area contributed by atoms with Gasteiger partial charge in [0.15, 0.2) is 5.82 Å². The van der Waals surface area contributed by atoms with E-state index in [2.05, 4.69) is 33.4 Å². The molecule has 1 aliphatic heterocycles. The van der Waals surface area contributed by atoms with Crippen molar-refractivity contribution in [2.45, 2.75) is 26.2 Å². The van der Waals surface area contributed by atoms with E-state index < -0.39 is 0 Å². The van der Waals surface area contributed by atoms with Crippen LogP contribution in [0.1, 0.15) is 24.6 Å². The molecule has 144 valence electrons. The van der Waals surface area contributed by atoms with Gasteiger partial charge in [-0.25, -0.2) is 0 Å². The van der Waals surface area contributed by atoms with E-state index in [0.29, 0.717) is 6.42 Å². The first-order valence-corrected chi connectivity index (χ1v) is 10.6. The minimum absolute atomic E-state index is 0.00445. The average Bonchev–Trinajstić information content (AvgIpc) is 3.22. The maximum atomic E-state index is 12.1. The number of carbonyl (C=O) groups is 1. The van der Waals surface area contributed by atoms with Crippen LogP contribution in [0.5, 0.6) is 0 Å². The highest BCUT2D eigenvalue weighted by Crippen LogP contribution is 2.24. The quantitative estimate of drug-likeness (QED) is 0.688. The molecule has 1 amide bonds. The van der Waals surface area contributed by atoms with Crippen LogP contribution in [0.15, 0.2) is 53.9 Å². The second-order valence-corrected chi connectivity index (χ2v) is 8.36. The monoisotopic (exact) mass is 392 g/mol. The summed E-state index contributed by atoms with van der Waals surface area (Å²) in [6.45, 7) is 4.41. The lowest BCUT2D eigenvalue weighted by atomic mass is 9.99. The van der Waals surface area contributed by atoms with Gasteiger partial charge in [0.05, 0.1) is 12.1 Å². The van der Waals surface area contributed by atoms with E-state index in [4.69, 9.17) is 0 Å². The zero-order valence-electron chi connectivity index (χ0n) is 16.0. The molecule has 2 aromatic heterocycles. The number of piperidine rings is 1. The van der Waals surface area contributed by atoms with E-state index in [9.17, 15) is 4.79 Å². The van der Waals surface area contributed by atoms with Gasteiger partial charge in [0, 0.05) is 29.2 Å². The Hall–Kier alpha value is -2.73. The molecule has 1 fully saturated rings. The lowest BCUT2D eigenvalue weighted by molar-refractivity contribution is -0.115. The van der Waals surface area contributed by atoms with Crippen LogP contribution in [0.25, 0.3) is 11.3 Å². The number of hydrogen-bond donors (Lipinski definition) is 1. The number of thiophene rings is 1. The van der Waals surface area contributed by atoms with Crippen molar-refractivity contribution < 1.29 is 4.79 Å². The van der Waals surface area contributed by atoms with Crippen LogP contribution in [0.3, 0.4) is 0 Å². The summed E-state index contributed by atoms with van der Waals surface area (Å²) >= 11 is 1.59. The Morgan fingerprint density at radius 1 is 1.11 bits per heavy atom. The first-order chi connectivity index (χ1) is 13.7. The molecule has 0 spiro atoms. The number of anilines is 2. The average molecular weight is 393 g/mol. The normalized spacial score (nSPS) is 14.8. The highest BCUT2D eigenvalue weighted by Gasteiger charge is 2.17. The predicted molar refractivity (Wildman–Crippen MR) is 115 cm³/mol. The topological polar surface area (TPSA) is 58.1 Å². The van der Waals surface area contributed by atoms with Crippen molar-refractivity contribution in [2.24, 2.45) is 5.92 Å². The van der Waals surface area contributed by atoms with Crippen molar-refractivity contribution in [3.05, 3.63) is 58.8 Å². The maximum Gasteiger partial charge on any atom is 0.229 e. The molecule has 4 rings (SSSR count). The van der Waals surface area contributed by atoms with Gasteiger partial charge in [-0.1, -0.05) is 25.1 Å². The Balaban J connectivity index is 1.37. The van der Waals surface area contributed by atoms with E-state index in [1.165, 1.54) is 12.8 Å². The molecule has 1 aliphatic rings. The smallest absolute Gasteiger partial charge is 0.229 e. The zero-order chi connectivity index (χ0) is 19.3. The lowest BCUT2D eigenvalue weighted by Crippen LogP contribution is -2.33. The zero-order valence-corrected chi connectivity index (χ0v) is 16.8. The molecule has 0 aliphatic carbocycles. The predicted octanol–water partition coefficient (Wildman–Crippen LogP) is 4.62. The van der Waals surface area contributed by atoms with Crippen molar-refractivity contribution in [3.8, 4) is 11.3 Å². The largest absolute Gasteiger partial charge is 0.355 e. The Bertz CT molecular complexity index is 899. The van der Waals surface area contributed by atoms with E-state index in [1.54, 1.807) is 11.3 Å². The highest BCUT2D eigenvalue weighted by atomic mass is 32.1. The molecule has 1 aromatic carbocycles. The number of hydrogen-bond acceptors (Lipinski definition) is 5. The number of aromatic nitrogens is 2. The summed E-state index contributed by atoms with van der Waals surface area (Å²) in [6, 6.07) is 15.7. The van der Waals surface area contributed by atoms with Gasteiger partial charge in [0.1, 0.15) is 0 Å². The van der Waals surface area contributed by atoms with Gasteiger partial charge in [-0.15, -0.1) is 21.5 Å². The van der Waals surface area contributed by atoms with Crippen molar-refractivity contribution in [1.29, 1.82) is 0 Å². The summed E-state index contributed by atoms with van der Waals surface area (Å²) in [5.74, 6) is 1.75. The molecule has 1 N–H and O–H groups in total. The first-order valence-electron chi connectivity index (χ1n) is 9.69. The Labute approximate surface area is 169 Å². The second kappa shape index (κ2) is 8.52. The van der Waals surface area contributed by atoms with E-state index in [-0.39, 0.29) is 5.91 Å². The second-order valence-electron chi connectivity index (χ2n) is 7.33. The van der Waals surface area contributed by atoms with Crippen LogP contribution in [0.4, 0.5) is 11.5 Å². The molecule has 0 saturated carbocycles. The SMILES string of the molecule is CC1CCN(c2ccc(-c3ccc(NC(=O)Cc4cccs4)cc3)nn2)CC1. The molecule has 5 nitrogen and oxygen atoms in total. The van der Waals surface area contributed by atoms with Crippen LogP contribution < -0.4 is 10.2 Å². The molecule has 0 atom stereocenters. The fraction of sp³-hybridized carbons (Fsp3) is 0.318. The molecule has 3 heterocycles. The number of nitrogens with zero attached hydrogens (tertiary/aromatic N) is 3. The molecule has 3 aromatic rings. The third-order valence-corrected chi connectivity index (χ3v) is 6.01. The number of nitrogens with one attached hydrogen (secondary N) is 1. The molecule has 0 bridgehead atoms. The van der Waals surface area contributed by atoms with Crippen molar-refractivity contribution in [2.75, 3.05) is 23.3 Å². The third-order valence-electron chi connectivity index (χ3n) is 5.14. The van der Waals surface area contributed by atoms with Crippen molar-refractivity contribution in [1.82, 2.24) is 10.2 Å². The van der Waals surface area contributed by atoms with Gasteiger partial charge < -0.3 is 10.2 Å². The van der Waals surface area contributed by atoms with Crippen molar-refractivity contribution in [3.63, 3.8) is 0 Å². The molecule has 1 saturated heterocycles. The Kier molecular flexibility index (Phi) is 5.67. The standard InChI is InChI=1S/C22H24N4OS/c1-16-10-12-26(13-11-16)21-9-8-20(24-25-21)17-4-6-18(7-5-17)23-22(27)15-19-3-2-14-28-19/h2-9,14,16H,10-13,15H2,1H3,(H,23,27). The molecule has 0 unspecified atom stereocenters. The van der Waals surface area contributed by atoms with Crippen LogP contribution in [0, 0.1) is 5.92 Å². The number of carbonyl (C=O) groups excluding carboxylic acids is 1. The number of rotatable bonds is 5. The van der Waals surface area contributed by atoms with Gasteiger partial charge in [0.2, 0.25) is 5.91 Å². The first kappa shape index (κ1) is 18.6. The van der Waals surface area contributed by atoms with E-state index in [1.807, 2.05) is 47.8 Å². The van der Waals surface area contributed by atoms with Crippen molar-refractivity contribution >= 4 is 28.7 Å². The molecule has 0 radical (unpaired) electrons. The van der Waals surface area contributed by atoms with E-state index >= 15 is 0 Å². The lowest BCUT2D eigenvalue weighted by Gasteiger charge is -2.30. The van der Waals surface area contributed by atoms with Gasteiger partial charge in [-0.05, 0) is 54.5 Å². The Morgan fingerprint density at radius 2 is 1.89 bits per heavy atom. The van der Waals surface area contributed by atoms with Gasteiger partial charge in [0.25, 0.3) is 0 Å². The fourth-order valence-electron chi connectivity index (χ4n) is 3.39. The molecular formula is C22H24N4OS. The summed E-state index contributed by atoms with van der Waals surface area (Å²) in [6.07, 6.45) is 2.83. The van der Waals surface area contributed by atoms with Gasteiger partial charge in [-0.2, -0.15) is 0 Å². The number of benzene rings is 1. The van der Waals surface area contributed by atoms with Crippen LogP contribution in [-0.4, -0.2) is 29.2 Å². The number of amides is 1. The van der Waals surface area contributed by atoms with Gasteiger partial charge in [-0.3, -0.25) is 4.79 Å². The summed E-state index contributed by atoms with van der Waals surface area (Å²) in [7, 11) is 0. The summed E-state index contributed by atoms with van der Waals surface area (Å²) < 4.78 is 0. The van der Waals surface area contributed by atoms with Crippen LogP contribution in [-0.2, 0) is 11.2 Å². The highest BCUT2D eigenvalue weighted by molar-refractivity contribution is 7.10. The third kappa shape index (κ3) is 4.57. The van der Waals surface area contributed by atoms with Crippen LogP contribution >= 0.6 is 11.3 Å². The fourth-order valence-corrected chi connectivity index (χ4v) is 4.09.